The number of amides is 3. The van der Waals surface area contributed by atoms with E-state index >= 15 is 0 Å². The molecular formula is C27H33F3N4O6. The number of anilines is 1. The van der Waals surface area contributed by atoms with Crippen molar-refractivity contribution in [1.82, 2.24) is 9.80 Å². The Kier molecular flexibility index (Phi) is 11.2. The van der Waals surface area contributed by atoms with Crippen LogP contribution in [0.25, 0.3) is 0 Å². The number of halogens is 3. The molecule has 0 bridgehead atoms. The number of rotatable bonds is 13. The molecule has 218 valence electrons. The summed E-state index contributed by atoms with van der Waals surface area (Å²) >= 11 is 0. The van der Waals surface area contributed by atoms with Gasteiger partial charge in [-0.3, -0.25) is 19.3 Å². The third-order valence-corrected chi connectivity index (χ3v) is 6.78. The Morgan fingerprint density at radius 3 is 2.35 bits per heavy atom. The second-order valence-corrected chi connectivity index (χ2v) is 9.37. The molecule has 3 rings (SSSR count). The Balaban J connectivity index is 1.45. The van der Waals surface area contributed by atoms with E-state index in [0.29, 0.717) is 71.6 Å². The SMILES string of the molecule is COCCOCCOCC(=O)N1CCN(CCCC2=C(C)C(=O)N(c3ccc(C#N)c(C(F)(F)F)c3)C2=O)CC1. The number of carbonyl (C=O) groups is 3. The predicted molar refractivity (Wildman–Crippen MR) is 137 cm³/mol. The van der Waals surface area contributed by atoms with E-state index in [1.54, 1.807) is 12.0 Å². The van der Waals surface area contributed by atoms with Crippen LogP contribution in [-0.4, -0.2) is 100 Å². The van der Waals surface area contributed by atoms with Crippen molar-refractivity contribution in [3.8, 4) is 6.07 Å². The molecule has 0 atom stereocenters. The van der Waals surface area contributed by atoms with Crippen LogP contribution in [0.1, 0.15) is 30.9 Å². The second-order valence-electron chi connectivity index (χ2n) is 9.37. The van der Waals surface area contributed by atoms with Crippen LogP contribution in [0.15, 0.2) is 29.3 Å². The van der Waals surface area contributed by atoms with Gasteiger partial charge in [0.2, 0.25) is 5.91 Å². The predicted octanol–water partition coefficient (Wildman–Crippen LogP) is 2.37. The molecule has 1 fully saturated rings. The van der Waals surface area contributed by atoms with Gasteiger partial charge in [0.15, 0.2) is 0 Å². The van der Waals surface area contributed by atoms with Gasteiger partial charge < -0.3 is 19.1 Å². The summed E-state index contributed by atoms with van der Waals surface area (Å²) in [7, 11) is 1.59. The van der Waals surface area contributed by atoms with Gasteiger partial charge in [-0.25, -0.2) is 4.90 Å². The lowest BCUT2D eigenvalue weighted by Gasteiger charge is -2.34. The number of benzene rings is 1. The van der Waals surface area contributed by atoms with Crippen LogP contribution < -0.4 is 4.90 Å². The minimum absolute atomic E-state index is 0.0165. The first-order chi connectivity index (χ1) is 19.1. The van der Waals surface area contributed by atoms with Crippen LogP contribution in [-0.2, 0) is 34.8 Å². The van der Waals surface area contributed by atoms with Gasteiger partial charge in [-0.2, -0.15) is 18.4 Å². The van der Waals surface area contributed by atoms with E-state index in [-0.39, 0.29) is 35.8 Å². The van der Waals surface area contributed by atoms with E-state index in [2.05, 4.69) is 4.90 Å². The summed E-state index contributed by atoms with van der Waals surface area (Å²) in [6.07, 6.45) is -3.96. The molecule has 0 unspecified atom stereocenters. The van der Waals surface area contributed by atoms with E-state index in [4.69, 9.17) is 19.5 Å². The standard InChI is InChI=1S/C27H33F3N4O6/c1-19-22(26(37)34(25(19)36)21-6-5-20(17-31)23(16-21)27(28,29)30)4-3-7-32-8-10-33(11-9-32)24(35)18-40-15-14-39-13-12-38-2/h5-6,16H,3-4,7-15,18H2,1-2H3. The van der Waals surface area contributed by atoms with Crippen LogP contribution in [0.2, 0.25) is 0 Å². The van der Waals surface area contributed by atoms with Crippen molar-refractivity contribution < 1.29 is 41.8 Å². The normalized spacial score (nSPS) is 16.7. The number of methoxy groups -OCH3 is 1. The fraction of sp³-hybridized carbons (Fsp3) is 0.556. The molecule has 10 nitrogen and oxygen atoms in total. The van der Waals surface area contributed by atoms with Crippen molar-refractivity contribution in [2.24, 2.45) is 0 Å². The lowest BCUT2D eigenvalue weighted by Crippen LogP contribution is -2.49. The van der Waals surface area contributed by atoms with Gasteiger partial charge in [-0.1, -0.05) is 0 Å². The van der Waals surface area contributed by atoms with E-state index in [9.17, 15) is 27.6 Å². The number of ether oxygens (including phenoxy) is 3. The molecule has 2 aliphatic rings. The quantitative estimate of drug-likeness (QED) is 0.264. The molecule has 0 N–H and O–H groups in total. The monoisotopic (exact) mass is 566 g/mol. The van der Waals surface area contributed by atoms with Crippen molar-refractivity contribution in [2.45, 2.75) is 25.9 Å². The highest BCUT2D eigenvalue weighted by molar-refractivity contribution is 6.32. The fourth-order valence-electron chi connectivity index (χ4n) is 4.53. The molecule has 0 spiro atoms. The summed E-state index contributed by atoms with van der Waals surface area (Å²) < 4.78 is 55.7. The van der Waals surface area contributed by atoms with E-state index in [0.717, 1.165) is 11.0 Å². The Morgan fingerprint density at radius 2 is 1.70 bits per heavy atom. The van der Waals surface area contributed by atoms with Gasteiger partial charge in [0.25, 0.3) is 11.8 Å². The van der Waals surface area contributed by atoms with Gasteiger partial charge in [0.05, 0.1) is 49.3 Å². The van der Waals surface area contributed by atoms with Crippen LogP contribution >= 0.6 is 0 Å². The zero-order valence-electron chi connectivity index (χ0n) is 22.6. The zero-order chi connectivity index (χ0) is 29.3. The van der Waals surface area contributed by atoms with Crippen LogP contribution in [0.5, 0.6) is 0 Å². The first-order valence-corrected chi connectivity index (χ1v) is 12.9. The molecule has 2 heterocycles. The minimum Gasteiger partial charge on any atom is -0.382 e. The van der Waals surface area contributed by atoms with Crippen molar-refractivity contribution in [3.63, 3.8) is 0 Å². The number of nitriles is 1. The number of hydrogen-bond acceptors (Lipinski definition) is 8. The molecule has 40 heavy (non-hydrogen) atoms. The summed E-state index contributed by atoms with van der Waals surface area (Å²) in [5, 5.41) is 9.00. The maximum Gasteiger partial charge on any atom is 0.417 e. The summed E-state index contributed by atoms with van der Waals surface area (Å²) in [6.45, 7) is 6.14. The molecule has 0 aromatic heterocycles. The Bertz CT molecular complexity index is 1160. The Labute approximate surface area is 230 Å². The molecule has 0 saturated carbocycles. The van der Waals surface area contributed by atoms with E-state index in [1.165, 1.54) is 19.1 Å². The highest BCUT2D eigenvalue weighted by atomic mass is 19.4. The summed E-state index contributed by atoms with van der Waals surface area (Å²) in [5.41, 5.74) is -1.55. The fourth-order valence-corrected chi connectivity index (χ4v) is 4.53. The summed E-state index contributed by atoms with van der Waals surface area (Å²) in [6, 6.07) is 4.28. The maximum atomic E-state index is 13.4. The molecule has 1 aromatic carbocycles. The molecule has 2 aliphatic heterocycles. The Hall–Kier alpha value is -3.31. The minimum atomic E-state index is -4.81. The van der Waals surface area contributed by atoms with Gasteiger partial charge in [-0.15, -0.1) is 0 Å². The highest BCUT2D eigenvalue weighted by Gasteiger charge is 2.39. The first-order valence-electron chi connectivity index (χ1n) is 12.9. The van der Waals surface area contributed by atoms with Gasteiger partial charge in [0.1, 0.15) is 6.61 Å². The summed E-state index contributed by atoms with van der Waals surface area (Å²) in [4.78, 5) is 42.8. The third-order valence-electron chi connectivity index (χ3n) is 6.78. The lowest BCUT2D eigenvalue weighted by molar-refractivity contribution is -0.139. The number of hydrogen-bond donors (Lipinski definition) is 0. The number of nitrogens with zero attached hydrogens (tertiary/aromatic N) is 4. The molecule has 0 radical (unpaired) electrons. The van der Waals surface area contributed by atoms with E-state index < -0.39 is 29.1 Å². The number of alkyl halides is 3. The van der Waals surface area contributed by atoms with Crippen molar-refractivity contribution >= 4 is 23.4 Å². The lowest BCUT2D eigenvalue weighted by atomic mass is 10.1. The third kappa shape index (κ3) is 7.88. The molecule has 1 aromatic rings. The van der Waals surface area contributed by atoms with Crippen molar-refractivity contribution in [3.05, 3.63) is 40.5 Å². The van der Waals surface area contributed by atoms with Crippen molar-refractivity contribution in [1.29, 1.82) is 5.26 Å². The Morgan fingerprint density at radius 1 is 1.02 bits per heavy atom. The smallest absolute Gasteiger partial charge is 0.382 e. The van der Waals surface area contributed by atoms with Crippen LogP contribution in [0.3, 0.4) is 0 Å². The van der Waals surface area contributed by atoms with Gasteiger partial charge in [-0.05, 0) is 44.5 Å². The molecular weight excluding hydrogens is 533 g/mol. The van der Waals surface area contributed by atoms with E-state index in [1.807, 2.05) is 0 Å². The number of piperazine rings is 1. The molecule has 3 amide bonds. The van der Waals surface area contributed by atoms with Crippen LogP contribution in [0.4, 0.5) is 18.9 Å². The largest absolute Gasteiger partial charge is 0.417 e. The van der Waals surface area contributed by atoms with Gasteiger partial charge >= 0.3 is 6.18 Å². The number of imide groups is 1. The number of carbonyl (C=O) groups excluding carboxylic acids is 3. The first kappa shape index (κ1) is 31.2. The van der Waals surface area contributed by atoms with Crippen LogP contribution in [0, 0.1) is 11.3 Å². The average molecular weight is 567 g/mol. The van der Waals surface area contributed by atoms with Gasteiger partial charge in [0, 0.05) is 44.4 Å². The maximum absolute atomic E-state index is 13.4. The molecule has 13 heteroatoms. The average Bonchev–Trinajstić information content (AvgIpc) is 3.14. The zero-order valence-corrected chi connectivity index (χ0v) is 22.6. The topological polar surface area (TPSA) is 112 Å². The second kappa shape index (κ2) is 14.4. The molecule has 1 saturated heterocycles. The highest BCUT2D eigenvalue weighted by Crippen LogP contribution is 2.36. The summed E-state index contributed by atoms with van der Waals surface area (Å²) in [5.74, 6) is -1.42. The van der Waals surface area contributed by atoms with Crippen molar-refractivity contribution in [2.75, 3.05) is 77.8 Å². The molecule has 0 aliphatic carbocycles.